The summed E-state index contributed by atoms with van der Waals surface area (Å²) >= 11 is 0. The van der Waals surface area contributed by atoms with Crippen LogP contribution in [0.5, 0.6) is 0 Å². The van der Waals surface area contributed by atoms with E-state index in [-0.39, 0.29) is 11.5 Å². The highest BCUT2D eigenvalue weighted by atomic mass is 16.5. The Balaban J connectivity index is 1.45. The van der Waals surface area contributed by atoms with Gasteiger partial charge in [0.25, 0.3) is 11.5 Å². The number of morpholine rings is 1. The fourth-order valence-electron chi connectivity index (χ4n) is 3.83. The van der Waals surface area contributed by atoms with Crippen molar-refractivity contribution in [3.8, 4) is 0 Å². The first-order chi connectivity index (χ1) is 13.0. The fraction of sp³-hybridized carbons (Fsp3) is 0.647. The number of β-amino-alcohol motifs (C(OH)–C–C–N with tert-alkyl or cyclic N) is 1. The van der Waals surface area contributed by atoms with Gasteiger partial charge in [0, 0.05) is 38.9 Å². The number of hydrogen-bond donors (Lipinski definition) is 2. The molecule has 0 saturated carbocycles. The molecule has 4 rings (SSSR count). The number of fused-ring (bicyclic) bond motifs is 1. The summed E-state index contributed by atoms with van der Waals surface area (Å²) in [5.74, 6) is -0.0326. The van der Waals surface area contributed by atoms with E-state index in [0.29, 0.717) is 57.9 Å². The molecule has 0 bridgehead atoms. The van der Waals surface area contributed by atoms with Gasteiger partial charge in [0.15, 0.2) is 0 Å². The highest BCUT2D eigenvalue weighted by Crippen LogP contribution is 2.24. The second kappa shape index (κ2) is 7.37. The van der Waals surface area contributed by atoms with Crippen LogP contribution in [-0.2, 0) is 4.74 Å². The first-order valence-electron chi connectivity index (χ1n) is 9.29. The molecule has 2 aromatic rings. The van der Waals surface area contributed by atoms with Crippen molar-refractivity contribution in [2.24, 2.45) is 0 Å². The summed E-state index contributed by atoms with van der Waals surface area (Å²) in [5.41, 5.74) is -1.24. The van der Waals surface area contributed by atoms with Gasteiger partial charge in [-0.2, -0.15) is 0 Å². The van der Waals surface area contributed by atoms with E-state index in [4.69, 9.17) is 4.74 Å². The third kappa shape index (κ3) is 3.87. The van der Waals surface area contributed by atoms with Crippen LogP contribution in [0.4, 0.5) is 0 Å². The Hall–Kier alpha value is -2.30. The number of likely N-dealkylation sites (tertiary alicyclic amines) is 1. The lowest BCUT2D eigenvalue weighted by molar-refractivity contribution is -0.0389. The summed E-state index contributed by atoms with van der Waals surface area (Å²) < 4.78 is 6.88. The first kappa shape index (κ1) is 18.1. The number of rotatable bonds is 3. The molecule has 1 atom stereocenters. The van der Waals surface area contributed by atoms with E-state index in [1.165, 1.54) is 16.9 Å². The predicted molar refractivity (Wildman–Crippen MR) is 95.6 cm³/mol. The Morgan fingerprint density at radius 1 is 1.26 bits per heavy atom. The van der Waals surface area contributed by atoms with Crippen molar-refractivity contribution in [3.05, 3.63) is 28.4 Å². The van der Waals surface area contributed by atoms with Crippen molar-refractivity contribution >= 4 is 11.7 Å². The molecule has 2 aromatic heterocycles. The molecule has 10 heteroatoms. The lowest BCUT2D eigenvalue weighted by Crippen LogP contribution is -2.48. The van der Waals surface area contributed by atoms with Gasteiger partial charge in [0.05, 0.1) is 18.8 Å². The van der Waals surface area contributed by atoms with Gasteiger partial charge in [-0.3, -0.25) is 23.9 Å². The van der Waals surface area contributed by atoms with E-state index < -0.39 is 11.2 Å². The molecular weight excluding hydrogens is 352 g/mol. The third-order valence-corrected chi connectivity index (χ3v) is 5.37. The van der Waals surface area contributed by atoms with Crippen LogP contribution in [0.15, 0.2) is 17.3 Å². The van der Waals surface area contributed by atoms with E-state index in [0.717, 1.165) is 13.1 Å². The molecule has 2 N–H and O–H groups in total. The Morgan fingerprint density at radius 3 is 2.89 bits per heavy atom. The molecule has 0 aliphatic carbocycles. The molecule has 0 radical (unpaired) electrons. The van der Waals surface area contributed by atoms with E-state index in [9.17, 15) is 14.7 Å². The molecule has 4 heterocycles. The minimum Gasteiger partial charge on any atom is -0.388 e. The molecule has 0 aromatic carbocycles. The fourth-order valence-corrected chi connectivity index (χ4v) is 3.83. The zero-order valence-corrected chi connectivity index (χ0v) is 15.1. The summed E-state index contributed by atoms with van der Waals surface area (Å²) in [7, 11) is 0. The zero-order valence-electron chi connectivity index (χ0n) is 15.1. The number of ether oxygens (including phenoxy) is 1. The largest absolute Gasteiger partial charge is 0.388 e. The Labute approximate surface area is 155 Å². The second-order valence-corrected chi connectivity index (χ2v) is 7.32. The minimum absolute atomic E-state index is 0.0564. The van der Waals surface area contributed by atoms with E-state index in [1.54, 1.807) is 4.90 Å². The van der Waals surface area contributed by atoms with Crippen LogP contribution >= 0.6 is 0 Å². The van der Waals surface area contributed by atoms with E-state index in [2.05, 4.69) is 20.1 Å². The van der Waals surface area contributed by atoms with Crippen molar-refractivity contribution in [2.75, 3.05) is 45.9 Å². The van der Waals surface area contributed by atoms with Gasteiger partial charge in [-0.1, -0.05) is 0 Å². The third-order valence-electron chi connectivity index (χ3n) is 5.37. The molecule has 2 aliphatic rings. The number of hydrogen-bond acceptors (Lipinski definition) is 7. The topological polar surface area (TPSA) is 116 Å². The Bertz CT molecular complexity index is 874. The maximum absolute atomic E-state index is 12.9. The highest BCUT2D eigenvalue weighted by molar-refractivity contribution is 5.93. The van der Waals surface area contributed by atoms with Crippen LogP contribution in [0.2, 0.25) is 0 Å². The number of H-pyrrole nitrogens is 1. The normalized spacial score (nSPS) is 24.9. The van der Waals surface area contributed by atoms with Crippen LogP contribution in [0.1, 0.15) is 29.6 Å². The van der Waals surface area contributed by atoms with Crippen molar-refractivity contribution in [1.82, 2.24) is 29.4 Å². The molecule has 1 amide bonds. The number of carbonyl (C=O) groups excluding carboxylic acids is 1. The van der Waals surface area contributed by atoms with Crippen LogP contribution in [0.3, 0.4) is 0 Å². The lowest BCUT2D eigenvalue weighted by atomic mass is 9.94. The molecule has 27 heavy (non-hydrogen) atoms. The van der Waals surface area contributed by atoms with Gasteiger partial charge >= 0.3 is 0 Å². The predicted octanol–water partition coefficient (Wildman–Crippen LogP) is -0.893. The van der Waals surface area contributed by atoms with Gasteiger partial charge in [-0.25, -0.2) is 0 Å². The van der Waals surface area contributed by atoms with Crippen molar-refractivity contribution < 1.29 is 14.6 Å². The van der Waals surface area contributed by atoms with Gasteiger partial charge in [0.2, 0.25) is 5.78 Å². The number of aromatic nitrogens is 4. The average Bonchev–Trinajstić information content (AvgIpc) is 3.02. The monoisotopic (exact) mass is 376 g/mol. The van der Waals surface area contributed by atoms with Gasteiger partial charge in [-0.15, -0.1) is 10.2 Å². The lowest BCUT2D eigenvalue weighted by Gasteiger charge is -2.35. The van der Waals surface area contributed by atoms with E-state index in [1.807, 2.05) is 0 Å². The number of carbonyl (C=O) groups is 1. The molecule has 10 nitrogen and oxygen atoms in total. The van der Waals surface area contributed by atoms with Crippen LogP contribution in [0.25, 0.3) is 5.78 Å². The number of aromatic amines is 1. The molecule has 0 spiro atoms. The van der Waals surface area contributed by atoms with Crippen LogP contribution in [-0.4, -0.2) is 91.9 Å². The van der Waals surface area contributed by atoms with Crippen molar-refractivity contribution in [1.29, 1.82) is 0 Å². The second-order valence-electron chi connectivity index (χ2n) is 7.32. The molecule has 2 saturated heterocycles. The molecule has 2 aliphatic heterocycles. The van der Waals surface area contributed by atoms with Gasteiger partial charge in [-0.05, 0) is 19.3 Å². The quantitative estimate of drug-likeness (QED) is 0.714. The summed E-state index contributed by atoms with van der Waals surface area (Å²) in [6, 6.07) is 0. The highest BCUT2D eigenvalue weighted by Gasteiger charge is 2.34. The van der Waals surface area contributed by atoms with E-state index >= 15 is 0 Å². The summed E-state index contributed by atoms with van der Waals surface area (Å²) in [6.45, 7) is 4.54. The number of aliphatic hydroxyl groups is 1. The first-order valence-corrected chi connectivity index (χ1v) is 9.29. The minimum atomic E-state index is -0.822. The number of nitrogens with one attached hydrogen (secondary N) is 1. The Morgan fingerprint density at radius 2 is 2.07 bits per heavy atom. The molecular formula is C17H24N6O4. The summed E-state index contributed by atoms with van der Waals surface area (Å²) in [4.78, 5) is 31.5. The molecule has 146 valence electrons. The van der Waals surface area contributed by atoms with Crippen LogP contribution in [0, 0.1) is 0 Å². The SMILES string of the molecule is O=C(c1cn2cnnc2[nH]c1=O)N1CCCC(O)(CN2CCOCC2)CC1. The number of nitrogens with zero attached hydrogens (tertiary/aromatic N) is 5. The summed E-state index contributed by atoms with van der Waals surface area (Å²) in [5, 5.41) is 18.5. The maximum atomic E-state index is 12.9. The van der Waals surface area contributed by atoms with Crippen molar-refractivity contribution in [2.45, 2.75) is 24.9 Å². The van der Waals surface area contributed by atoms with Crippen molar-refractivity contribution in [3.63, 3.8) is 0 Å². The number of amides is 1. The smallest absolute Gasteiger partial charge is 0.265 e. The van der Waals surface area contributed by atoms with Crippen LogP contribution < -0.4 is 5.56 Å². The zero-order chi connectivity index (χ0) is 18.9. The maximum Gasteiger partial charge on any atom is 0.265 e. The van der Waals surface area contributed by atoms with Gasteiger partial charge in [0.1, 0.15) is 11.9 Å². The summed E-state index contributed by atoms with van der Waals surface area (Å²) in [6.07, 6.45) is 4.71. The molecule has 1 unspecified atom stereocenters. The average molecular weight is 376 g/mol. The molecule has 2 fully saturated rings. The Kier molecular flexibility index (Phi) is 4.94. The standard InChI is InChI=1S/C17H24N6O4/c24-14-13(10-23-12-18-20-16(23)19-14)15(25)22-4-1-2-17(26,3-5-22)11-21-6-8-27-9-7-21/h10,12,26H,1-9,11H2,(H,19,20,24). The van der Waals surface area contributed by atoms with Gasteiger partial charge < -0.3 is 14.7 Å².